The Labute approximate surface area is 91.6 Å². The van der Waals surface area contributed by atoms with Crippen molar-refractivity contribution >= 4 is 5.91 Å². The lowest BCUT2D eigenvalue weighted by Crippen LogP contribution is -2.48. The molecule has 1 amide bonds. The standard InChI is InChI=1S/C11H21N3O/c1-11(2)7-10(15)14(13(11)3)8-9-5-4-6-12-9/h9,12H,4-8H2,1-3H3. The van der Waals surface area contributed by atoms with Crippen LogP contribution in [0.4, 0.5) is 0 Å². The van der Waals surface area contributed by atoms with E-state index < -0.39 is 0 Å². The summed E-state index contributed by atoms with van der Waals surface area (Å²) < 4.78 is 0. The lowest BCUT2D eigenvalue weighted by molar-refractivity contribution is -0.138. The molecule has 2 rings (SSSR count). The third kappa shape index (κ3) is 2.01. The Morgan fingerprint density at radius 3 is 2.73 bits per heavy atom. The second-order valence-corrected chi connectivity index (χ2v) is 5.28. The molecule has 4 heteroatoms. The van der Waals surface area contributed by atoms with Crippen molar-refractivity contribution in [1.29, 1.82) is 0 Å². The second kappa shape index (κ2) is 3.76. The van der Waals surface area contributed by atoms with Gasteiger partial charge in [0, 0.05) is 25.0 Å². The Balaban J connectivity index is 1.99. The third-order valence-electron chi connectivity index (χ3n) is 3.67. The summed E-state index contributed by atoms with van der Waals surface area (Å²) in [4.78, 5) is 11.8. The maximum Gasteiger partial charge on any atom is 0.238 e. The molecule has 15 heavy (non-hydrogen) atoms. The van der Waals surface area contributed by atoms with E-state index in [9.17, 15) is 4.79 Å². The summed E-state index contributed by atoms with van der Waals surface area (Å²) in [5.41, 5.74) is -0.0182. The smallest absolute Gasteiger partial charge is 0.238 e. The van der Waals surface area contributed by atoms with E-state index in [1.807, 2.05) is 12.1 Å². The fourth-order valence-electron chi connectivity index (χ4n) is 2.42. The van der Waals surface area contributed by atoms with Gasteiger partial charge in [-0.2, -0.15) is 0 Å². The summed E-state index contributed by atoms with van der Waals surface area (Å²) in [7, 11) is 2.01. The summed E-state index contributed by atoms with van der Waals surface area (Å²) in [6.45, 7) is 6.17. The topological polar surface area (TPSA) is 35.6 Å². The van der Waals surface area contributed by atoms with Crippen molar-refractivity contribution in [2.24, 2.45) is 0 Å². The third-order valence-corrected chi connectivity index (χ3v) is 3.67. The van der Waals surface area contributed by atoms with Gasteiger partial charge >= 0.3 is 0 Å². The molecule has 1 N–H and O–H groups in total. The van der Waals surface area contributed by atoms with E-state index in [2.05, 4.69) is 24.2 Å². The van der Waals surface area contributed by atoms with Crippen molar-refractivity contribution in [1.82, 2.24) is 15.3 Å². The van der Waals surface area contributed by atoms with E-state index in [1.54, 1.807) is 0 Å². The summed E-state index contributed by atoms with van der Waals surface area (Å²) in [5.74, 6) is 0.260. The van der Waals surface area contributed by atoms with Gasteiger partial charge in [0.25, 0.3) is 0 Å². The molecule has 0 aromatic carbocycles. The molecule has 0 spiro atoms. The van der Waals surface area contributed by atoms with Gasteiger partial charge in [0.15, 0.2) is 0 Å². The SMILES string of the molecule is CN1N(CC2CCCN2)C(=O)CC1(C)C. The highest BCUT2D eigenvalue weighted by atomic mass is 16.2. The highest BCUT2D eigenvalue weighted by molar-refractivity contribution is 5.79. The number of nitrogens with zero attached hydrogens (tertiary/aromatic N) is 2. The first-order valence-electron chi connectivity index (χ1n) is 5.78. The van der Waals surface area contributed by atoms with Crippen molar-refractivity contribution in [3.8, 4) is 0 Å². The molecule has 2 aliphatic heterocycles. The number of nitrogens with one attached hydrogen (secondary N) is 1. The lowest BCUT2D eigenvalue weighted by atomic mass is 10.0. The predicted molar refractivity (Wildman–Crippen MR) is 59.2 cm³/mol. The van der Waals surface area contributed by atoms with Crippen LogP contribution in [0.25, 0.3) is 0 Å². The summed E-state index contributed by atoms with van der Waals surface area (Å²) >= 11 is 0. The van der Waals surface area contributed by atoms with Crippen LogP contribution >= 0.6 is 0 Å². The molecule has 1 unspecified atom stereocenters. The van der Waals surface area contributed by atoms with Gasteiger partial charge in [0.2, 0.25) is 5.91 Å². The highest BCUT2D eigenvalue weighted by Gasteiger charge is 2.41. The fraction of sp³-hybridized carbons (Fsp3) is 0.909. The van der Waals surface area contributed by atoms with Crippen LogP contribution in [-0.4, -0.2) is 47.6 Å². The Morgan fingerprint density at radius 2 is 2.27 bits per heavy atom. The number of carbonyl (C=O) groups is 1. The molecule has 4 nitrogen and oxygen atoms in total. The molecule has 0 aromatic heterocycles. The monoisotopic (exact) mass is 211 g/mol. The molecule has 2 heterocycles. The van der Waals surface area contributed by atoms with Gasteiger partial charge < -0.3 is 5.32 Å². The van der Waals surface area contributed by atoms with Crippen molar-refractivity contribution in [2.45, 2.75) is 44.7 Å². The number of carbonyl (C=O) groups excluding carboxylic acids is 1. The maximum atomic E-state index is 11.8. The summed E-state index contributed by atoms with van der Waals surface area (Å²) in [5, 5.41) is 7.43. The summed E-state index contributed by atoms with van der Waals surface area (Å²) in [6.07, 6.45) is 3.06. The van der Waals surface area contributed by atoms with E-state index in [1.165, 1.54) is 12.8 Å². The number of hydrazine groups is 1. The van der Waals surface area contributed by atoms with Crippen LogP contribution in [-0.2, 0) is 4.79 Å². The molecule has 0 aliphatic carbocycles. The molecular formula is C11H21N3O. The van der Waals surface area contributed by atoms with Crippen LogP contribution in [0.15, 0.2) is 0 Å². The zero-order chi connectivity index (χ0) is 11.1. The van der Waals surface area contributed by atoms with E-state index in [4.69, 9.17) is 0 Å². The van der Waals surface area contributed by atoms with Crippen LogP contribution in [0.1, 0.15) is 33.1 Å². The zero-order valence-electron chi connectivity index (χ0n) is 9.92. The van der Waals surface area contributed by atoms with Crippen LogP contribution in [0.2, 0.25) is 0 Å². The quantitative estimate of drug-likeness (QED) is 0.726. The van der Waals surface area contributed by atoms with Crippen LogP contribution in [0.5, 0.6) is 0 Å². The molecular weight excluding hydrogens is 190 g/mol. The molecule has 0 saturated carbocycles. The largest absolute Gasteiger partial charge is 0.312 e. The minimum absolute atomic E-state index is 0.0182. The van der Waals surface area contributed by atoms with Gasteiger partial charge in [-0.15, -0.1) is 0 Å². The van der Waals surface area contributed by atoms with Gasteiger partial charge in [-0.05, 0) is 33.2 Å². The second-order valence-electron chi connectivity index (χ2n) is 5.28. The summed E-state index contributed by atoms with van der Waals surface area (Å²) in [6, 6.07) is 0.491. The molecule has 86 valence electrons. The normalized spacial score (nSPS) is 31.5. The fourth-order valence-corrected chi connectivity index (χ4v) is 2.42. The minimum Gasteiger partial charge on any atom is -0.312 e. The Hall–Kier alpha value is -0.610. The van der Waals surface area contributed by atoms with Crippen molar-refractivity contribution in [3.05, 3.63) is 0 Å². The van der Waals surface area contributed by atoms with Crippen LogP contribution in [0.3, 0.4) is 0 Å². The molecule has 0 radical (unpaired) electrons. The number of hydrogen-bond donors (Lipinski definition) is 1. The van der Waals surface area contributed by atoms with E-state index in [0.29, 0.717) is 12.5 Å². The predicted octanol–water partition coefficient (Wildman–Crippen LogP) is 0.596. The van der Waals surface area contributed by atoms with Crippen molar-refractivity contribution in [3.63, 3.8) is 0 Å². The van der Waals surface area contributed by atoms with E-state index in [-0.39, 0.29) is 11.4 Å². The first-order chi connectivity index (χ1) is 7.00. The Morgan fingerprint density at radius 1 is 1.53 bits per heavy atom. The molecule has 1 atom stereocenters. The first kappa shape index (κ1) is 10.9. The number of hydrogen-bond acceptors (Lipinski definition) is 3. The molecule has 2 saturated heterocycles. The molecule has 2 fully saturated rings. The van der Waals surface area contributed by atoms with Crippen molar-refractivity contribution < 1.29 is 4.79 Å². The average Bonchev–Trinajstić information content (AvgIpc) is 2.69. The lowest BCUT2D eigenvalue weighted by Gasteiger charge is -2.34. The molecule has 0 bridgehead atoms. The Kier molecular flexibility index (Phi) is 2.73. The number of amides is 1. The molecule has 0 aromatic rings. The highest BCUT2D eigenvalue weighted by Crippen LogP contribution is 2.28. The average molecular weight is 211 g/mol. The zero-order valence-corrected chi connectivity index (χ0v) is 9.92. The van der Waals surface area contributed by atoms with Gasteiger partial charge in [0.05, 0.1) is 6.54 Å². The van der Waals surface area contributed by atoms with Gasteiger partial charge in [-0.3, -0.25) is 9.80 Å². The minimum atomic E-state index is -0.0182. The first-order valence-corrected chi connectivity index (χ1v) is 5.78. The maximum absolute atomic E-state index is 11.8. The van der Waals surface area contributed by atoms with Gasteiger partial charge in [-0.25, -0.2) is 5.01 Å². The number of rotatable bonds is 2. The Bertz CT molecular complexity index is 259. The van der Waals surface area contributed by atoms with Crippen molar-refractivity contribution in [2.75, 3.05) is 20.1 Å². The van der Waals surface area contributed by atoms with Crippen LogP contribution in [0, 0.1) is 0 Å². The van der Waals surface area contributed by atoms with Gasteiger partial charge in [-0.1, -0.05) is 0 Å². The van der Waals surface area contributed by atoms with Gasteiger partial charge in [0.1, 0.15) is 0 Å². The van der Waals surface area contributed by atoms with E-state index >= 15 is 0 Å². The van der Waals surface area contributed by atoms with E-state index in [0.717, 1.165) is 13.1 Å². The molecule has 2 aliphatic rings. The van der Waals surface area contributed by atoms with Crippen LogP contribution < -0.4 is 5.32 Å².